The van der Waals surface area contributed by atoms with Crippen LogP contribution in [0.5, 0.6) is 0 Å². The van der Waals surface area contributed by atoms with E-state index in [2.05, 4.69) is 5.10 Å². The molecular weight excluding hydrogens is 338 g/mol. The first-order valence-electron chi connectivity index (χ1n) is 9.21. The molecule has 2 aromatic carbocycles. The van der Waals surface area contributed by atoms with Crippen LogP contribution in [0.3, 0.4) is 0 Å². The molecule has 0 N–H and O–H groups in total. The summed E-state index contributed by atoms with van der Waals surface area (Å²) in [7, 11) is 0. The molecule has 4 rings (SSSR count). The molecule has 2 heterocycles. The first-order chi connectivity index (χ1) is 13.2. The quantitative estimate of drug-likeness (QED) is 0.669. The summed E-state index contributed by atoms with van der Waals surface area (Å²) >= 11 is 0. The zero-order valence-corrected chi connectivity index (χ0v) is 15.0. The van der Waals surface area contributed by atoms with Gasteiger partial charge in [-0.3, -0.25) is 9.59 Å². The fraction of sp³-hybridized carbons (Fsp3) is 0.227. The Labute approximate surface area is 158 Å². The summed E-state index contributed by atoms with van der Waals surface area (Å²) in [5.74, 6) is 0.157. The van der Waals surface area contributed by atoms with Crippen molar-refractivity contribution in [3.8, 4) is 5.69 Å². The van der Waals surface area contributed by atoms with E-state index >= 15 is 0 Å². The third kappa shape index (κ3) is 3.53. The van der Waals surface area contributed by atoms with Gasteiger partial charge in [-0.15, -0.1) is 0 Å². The lowest BCUT2D eigenvalue weighted by Crippen LogP contribution is -2.40. The van der Waals surface area contributed by atoms with Crippen LogP contribution in [0.2, 0.25) is 0 Å². The lowest BCUT2D eigenvalue weighted by molar-refractivity contribution is 0.0650. The van der Waals surface area contributed by atoms with Crippen LogP contribution in [0.1, 0.15) is 33.6 Å². The molecular formula is C22H21N3O2. The van der Waals surface area contributed by atoms with Gasteiger partial charge in [-0.2, -0.15) is 5.10 Å². The fourth-order valence-corrected chi connectivity index (χ4v) is 3.62. The van der Waals surface area contributed by atoms with Crippen molar-refractivity contribution in [3.05, 3.63) is 84.2 Å². The minimum absolute atomic E-state index is 0.00768. The number of amides is 1. The normalized spacial score (nSPS) is 14.9. The van der Waals surface area contributed by atoms with Crippen molar-refractivity contribution in [2.75, 3.05) is 13.1 Å². The van der Waals surface area contributed by atoms with Crippen molar-refractivity contribution in [2.24, 2.45) is 5.92 Å². The van der Waals surface area contributed by atoms with E-state index in [1.807, 2.05) is 71.8 Å². The standard InChI is InChI=1S/C22H21N3O2/c26-21(17-7-2-1-3-8-17)18-11-15-24(16-12-18)22(27)19-9-4-5-10-20(19)25-14-6-13-23-25/h1-10,13-14,18H,11-12,15-16H2. The van der Waals surface area contributed by atoms with Crippen molar-refractivity contribution in [2.45, 2.75) is 12.8 Å². The first-order valence-corrected chi connectivity index (χ1v) is 9.21. The van der Waals surface area contributed by atoms with E-state index in [1.165, 1.54) is 0 Å². The molecule has 0 unspecified atom stereocenters. The number of piperidine rings is 1. The molecule has 27 heavy (non-hydrogen) atoms. The van der Waals surface area contributed by atoms with Gasteiger partial charge in [0, 0.05) is 37.0 Å². The Morgan fingerprint density at radius 1 is 0.889 bits per heavy atom. The van der Waals surface area contributed by atoms with Gasteiger partial charge in [0.1, 0.15) is 0 Å². The average Bonchev–Trinajstić information content (AvgIpc) is 3.28. The highest BCUT2D eigenvalue weighted by Gasteiger charge is 2.29. The number of ketones is 1. The maximum Gasteiger partial charge on any atom is 0.256 e. The zero-order chi connectivity index (χ0) is 18.6. The van der Waals surface area contributed by atoms with Gasteiger partial charge in [0.25, 0.3) is 5.91 Å². The first kappa shape index (κ1) is 17.2. The molecule has 0 aliphatic carbocycles. The molecule has 0 spiro atoms. The van der Waals surface area contributed by atoms with Crippen molar-refractivity contribution in [1.29, 1.82) is 0 Å². The van der Waals surface area contributed by atoms with Gasteiger partial charge in [-0.05, 0) is 31.0 Å². The van der Waals surface area contributed by atoms with Crippen LogP contribution < -0.4 is 0 Å². The van der Waals surface area contributed by atoms with Crippen molar-refractivity contribution in [1.82, 2.24) is 14.7 Å². The van der Waals surface area contributed by atoms with E-state index in [0.29, 0.717) is 31.5 Å². The van der Waals surface area contributed by atoms with E-state index in [4.69, 9.17) is 0 Å². The second-order valence-corrected chi connectivity index (χ2v) is 6.76. The van der Waals surface area contributed by atoms with Crippen LogP contribution in [0, 0.1) is 5.92 Å². The molecule has 1 fully saturated rings. The van der Waals surface area contributed by atoms with Gasteiger partial charge < -0.3 is 4.90 Å². The smallest absolute Gasteiger partial charge is 0.256 e. The number of rotatable bonds is 4. The molecule has 1 aromatic heterocycles. The molecule has 0 saturated carbocycles. The second kappa shape index (κ2) is 7.58. The molecule has 5 nitrogen and oxygen atoms in total. The van der Waals surface area contributed by atoms with Crippen LogP contribution in [0.25, 0.3) is 5.69 Å². The Kier molecular flexibility index (Phi) is 4.83. The lowest BCUT2D eigenvalue weighted by Gasteiger charge is -2.31. The minimum atomic E-state index is -0.0159. The molecule has 1 aliphatic rings. The molecule has 1 aliphatic heterocycles. The highest BCUT2D eigenvalue weighted by molar-refractivity contribution is 5.99. The van der Waals surface area contributed by atoms with Crippen LogP contribution >= 0.6 is 0 Å². The van der Waals surface area contributed by atoms with E-state index < -0.39 is 0 Å². The number of hydrogen-bond donors (Lipinski definition) is 0. The minimum Gasteiger partial charge on any atom is -0.339 e. The number of benzene rings is 2. The van der Waals surface area contributed by atoms with E-state index in [9.17, 15) is 9.59 Å². The number of para-hydroxylation sites is 1. The zero-order valence-electron chi connectivity index (χ0n) is 15.0. The SMILES string of the molecule is O=C(c1ccccc1)C1CCN(C(=O)c2ccccc2-n2cccn2)CC1. The number of Topliss-reactive ketones (excluding diaryl/α,β-unsaturated/α-hetero) is 1. The Morgan fingerprint density at radius 3 is 2.30 bits per heavy atom. The number of carbonyl (C=O) groups is 2. The predicted molar refractivity (Wildman–Crippen MR) is 103 cm³/mol. The van der Waals surface area contributed by atoms with Gasteiger partial charge in [-0.25, -0.2) is 4.68 Å². The van der Waals surface area contributed by atoms with Crippen LogP contribution in [-0.2, 0) is 0 Å². The highest BCUT2D eigenvalue weighted by atomic mass is 16.2. The molecule has 0 atom stereocenters. The van der Waals surface area contributed by atoms with Gasteiger partial charge in [-0.1, -0.05) is 42.5 Å². The Balaban J connectivity index is 1.46. The number of carbonyl (C=O) groups excluding carboxylic acids is 2. The molecule has 3 aromatic rings. The Hall–Kier alpha value is -3.21. The topological polar surface area (TPSA) is 55.2 Å². The summed E-state index contributed by atoms with van der Waals surface area (Å²) in [5.41, 5.74) is 2.16. The summed E-state index contributed by atoms with van der Waals surface area (Å²) in [4.78, 5) is 27.5. The molecule has 0 radical (unpaired) electrons. The van der Waals surface area contributed by atoms with Crippen LogP contribution in [0.4, 0.5) is 0 Å². The van der Waals surface area contributed by atoms with E-state index in [0.717, 1.165) is 11.3 Å². The van der Waals surface area contributed by atoms with Crippen LogP contribution in [-0.4, -0.2) is 39.5 Å². The highest BCUT2D eigenvalue weighted by Crippen LogP contribution is 2.24. The summed E-state index contributed by atoms with van der Waals surface area (Å²) in [6.45, 7) is 1.19. The van der Waals surface area contributed by atoms with Gasteiger partial charge in [0.05, 0.1) is 11.3 Å². The van der Waals surface area contributed by atoms with E-state index in [1.54, 1.807) is 10.9 Å². The largest absolute Gasteiger partial charge is 0.339 e. The van der Waals surface area contributed by atoms with Crippen LogP contribution in [0.15, 0.2) is 73.1 Å². The number of likely N-dealkylation sites (tertiary alicyclic amines) is 1. The number of hydrogen-bond acceptors (Lipinski definition) is 3. The monoisotopic (exact) mass is 359 g/mol. The molecule has 136 valence electrons. The molecule has 5 heteroatoms. The maximum atomic E-state index is 13.1. The maximum absolute atomic E-state index is 13.1. The van der Waals surface area contributed by atoms with Gasteiger partial charge >= 0.3 is 0 Å². The van der Waals surface area contributed by atoms with Gasteiger partial charge in [0.2, 0.25) is 0 Å². The molecule has 0 bridgehead atoms. The summed E-state index contributed by atoms with van der Waals surface area (Å²) in [5, 5.41) is 4.24. The fourth-order valence-electron chi connectivity index (χ4n) is 3.62. The third-order valence-corrected chi connectivity index (χ3v) is 5.10. The summed E-state index contributed by atoms with van der Waals surface area (Å²) in [6, 6.07) is 18.7. The number of nitrogens with zero attached hydrogens (tertiary/aromatic N) is 3. The Morgan fingerprint density at radius 2 is 1.59 bits per heavy atom. The summed E-state index contributed by atoms with van der Waals surface area (Å²) < 4.78 is 1.71. The second-order valence-electron chi connectivity index (χ2n) is 6.76. The van der Waals surface area contributed by atoms with Crippen molar-refractivity contribution >= 4 is 11.7 Å². The summed E-state index contributed by atoms with van der Waals surface area (Å²) in [6.07, 6.45) is 4.92. The van der Waals surface area contributed by atoms with Gasteiger partial charge in [0.15, 0.2) is 5.78 Å². The van der Waals surface area contributed by atoms with E-state index in [-0.39, 0.29) is 17.6 Å². The molecule has 1 saturated heterocycles. The Bertz CT molecular complexity index is 927. The third-order valence-electron chi connectivity index (χ3n) is 5.10. The lowest BCUT2D eigenvalue weighted by atomic mass is 9.88. The molecule has 1 amide bonds. The average molecular weight is 359 g/mol. The van der Waals surface area contributed by atoms with Crippen molar-refractivity contribution in [3.63, 3.8) is 0 Å². The predicted octanol–water partition coefficient (Wildman–Crippen LogP) is 3.61. The number of aromatic nitrogens is 2. The van der Waals surface area contributed by atoms with Crippen molar-refractivity contribution < 1.29 is 9.59 Å².